The van der Waals surface area contributed by atoms with Gasteiger partial charge in [0.1, 0.15) is 6.17 Å². The number of fused-ring (bicyclic) bond motifs is 1. The Bertz CT molecular complexity index is 952. The van der Waals surface area contributed by atoms with Crippen molar-refractivity contribution < 1.29 is 4.79 Å². The summed E-state index contributed by atoms with van der Waals surface area (Å²) in [6.45, 7) is 2.10. The normalized spacial score (nSPS) is 16.9. The van der Waals surface area contributed by atoms with E-state index in [-0.39, 0.29) is 12.1 Å². The molecule has 1 aliphatic rings. The molecule has 2 aromatic carbocycles. The van der Waals surface area contributed by atoms with Gasteiger partial charge in [-0.25, -0.2) is 0 Å². The van der Waals surface area contributed by atoms with E-state index in [0.29, 0.717) is 0 Å². The van der Waals surface area contributed by atoms with Crippen molar-refractivity contribution in [1.82, 2.24) is 0 Å². The largest absolute Gasteiger partial charge is 0.349 e. The fourth-order valence-corrected chi connectivity index (χ4v) is 4.97. The van der Waals surface area contributed by atoms with Crippen molar-refractivity contribution in [2.75, 3.05) is 16.8 Å². The van der Waals surface area contributed by atoms with Gasteiger partial charge < -0.3 is 4.90 Å². The van der Waals surface area contributed by atoms with Crippen molar-refractivity contribution in [1.29, 1.82) is 0 Å². The average molecular weight is 460 g/mol. The first-order valence-electron chi connectivity index (χ1n) is 8.04. The van der Waals surface area contributed by atoms with Gasteiger partial charge in [0.25, 0.3) is 5.91 Å². The van der Waals surface area contributed by atoms with E-state index in [2.05, 4.69) is 53.6 Å². The number of anilines is 2. The van der Waals surface area contributed by atoms with Gasteiger partial charge in [-0.2, -0.15) is 0 Å². The molecule has 1 aliphatic heterocycles. The minimum absolute atomic E-state index is 0.0499. The van der Waals surface area contributed by atoms with Crippen LogP contribution in [0.2, 0.25) is 0 Å². The van der Waals surface area contributed by atoms with Crippen LogP contribution in [0.15, 0.2) is 60.7 Å². The number of halogens is 1. The van der Waals surface area contributed by atoms with Crippen molar-refractivity contribution in [3.8, 4) is 0 Å². The van der Waals surface area contributed by atoms with E-state index in [4.69, 9.17) is 0 Å². The number of hydrogen-bond donors (Lipinski definition) is 0. The highest BCUT2D eigenvalue weighted by atomic mass is 127. The molecule has 5 heteroatoms. The standard InChI is InChI=1S/C20H17IN2OS/c1-13-11-12-18(25-13)19-22(2)16-9-5-3-7-14(16)20(24)23(19)17-10-6-4-8-15(17)21/h3-12,19H,1-2H3. The molecule has 1 aromatic heterocycles. The lowest BCUT2D eigenvalue weighted by atomic mass is 10.0. The second-order valence-corrected chi connectivity index (χ2v) is 8.56. The molecule has 0 saturated carbocycles. The van der Waals surface area contributed by atoms with Gasteiger partial charge in [-0.3, -0.25) is 9.69 Å². The molecule has 126 valence electrons. The Morgan fingerprint density at radius 1 is 0.960 bits per heavy atom. The fourth-order valence-electron chi connectivity index (χ4n) is 3.31. The second kappa shape index (κ2) is 6.46. The first-order chi connectivity index (χ1) is 12.1. The summed E-state index contributed by atoms with van der Waals surface area (Å²) in [6.07, 6.45) is -0.142. The maximum absolute atomic E-state index is 13.4. The SMILES string of the molecule is Cc1ccc(C2N(C)c3ccccc3C(=O)N2c2ccccc2I)s1. The molecule has 2 heterocycles. The topological polar surface area (TPSA) is 23.6 Å². The fraction of sp³-hybridized carbons (Fsp3) is 0.150. The minimum Gasteiger partial charge on any atom is -0.349 e. The van der Waals surface area contributed by atoms with Gasteiger partial charge in [-0.05, 0) is 65.9 Å². The van der Waals surface area contributed by atoms with Crippen molar-refractivity contribution in [2.24, 2.45) is 0 Å². The monoisotopic (exact) mass is 460 g/mol. The molecular formula is C20H17IN2OS. The molecule has 1 unspecified atom stereocenters. The number of aryl methyl sites for hydroxylation is 1. The predicted molar refractivity (Wildman–Crippen MR) is 113 cm³/mol. The highest BCUT2D eigenvalue weighted by Crippen LogP contribution is 2.43. The molecule has 4 rings (SSSR count). The molecule has 25 heavy (non-hydrogen) atoms. The Hall–Kier alpha value is -1.86. The van der Waals surface area contributed by atoms with E-state index < -0.39 is 0 Å². The van der Waals surface area contributed by atoms with Crippen molar-refractivity contribution in [3.63, 3.8) is 0 Å². The van der Waals surface area contributed by atoms with E-state index >= 15 is 0 Å². The van der Waals surface area contributed by atoms with Crippen molar-refractivity contribution in [3.05, 3.63) is 79.6 Å². The highest BCUT2D eigenvalue weighted by Gasteiger charge is 2.38. The minimum atomic E-state index is -0.142. The first kappa shape index (κ1) is 16.6. The number of para-hydroxylation sites is 2. The Balaban J connectivity index is 1.95. The van der Waals surface area contributed by atoms with Crippen LogP contribution in [0.3, 0.4) is 0 Å². The Kier molecular flexibility index (Phi) is 4.29. The summed E-state index contributed by atoms with van der Waals surface area (Å²) in [5.41, 5.74) is 2.67. The lowest BCUT2D eigenvalue weighted by Gasteiger charge is -2.43. The highest BCUT2D eigenvalue weighted by molar-refractivity contribution is 14.1. The number of carbonyl (C=O) groups is 1. The molecule has 1 amide bonds. The quantitative estimate of drug-likeness (QED) is 0.475. The van der Waals surface area contributed by atoms with Crippen LogP contribution in [-0.4, -0.2) is 13.0 Å². The zero-order chi connectivity index (χ0) is 17.6. The molecule has 0 fully saturated rings. The van der Waals surface area contributed by atoms with Crippen molar-refractivity contribution in [2.45, 2.75) is 13.1 Å². The maximum atomic E-state index is 13.4. The Morgan fingerprint density at radius 2 is 1.64 bits per heavy atom. The number of thiophene rings is 1. The van der Waals surface area contributed by atoms with Crippen LogP contribution in [0, 0.1) is 10.5 Å². The van der Waals surface area contributed by atoms with Gasteiger partial charge in [0.15, 0.2) is 0 Å². The van der Waals surface area contributed by atoms with Crippen LogP contribution < -0.4 is 9.80 Å². The summed E-state index contributed by atoms with van der Waals surface area (Å²) >= 11 is 4.05. The summed E-state index contributed by atoms with van der Waals surface area (Å²) in [6, 6.07) is 20.1. The summed E-state index contributed by atoms with van der Waals surface area (Å²) in [5.74, 6) is 0.0499. The first-order valence-corrected chi connectivity index (χ1v) is 9.94. The summed E-state index contributed by atoms with van der Waals surface area (Å²) in [7, 11) is 2.06. The number of rotatable bonds is 2. The third kappa shape index (κ3) is 2.75. The van der Waals surface area contributed by atoms with E-state index in [1.165, 1.54) is 9.75 Å². The van der Waals surface area contributed by atoms with Crippen LogP contribution in [0.25, 0.3) is 0 Å². The van der Waals surface area contributed by atoms with Gasteiger partial charge in [-0.1, -0.05) is 24.3 Å². The molecular weight excluding hydrogens is 443 g/mol. The average Bonchev–Trinajstić information content (AvgIpc) is 3.04. The van der Waals surface area contributed by atoms with E-state index in [1.807, 2.05) is 53.4 Å². The maximum Gasteiger partial charge on any atom is 0.262 e. The van der Waals surface area contributed by atoms with Gasteiger partial charge in [0.05, 0.1) is 16.9 Å². The molecule has 0 aliphatic carbocycles. The molecule has 1 atom stereocenters. The zero-order valence-corrected chi connectivity index (χ0v) is 16.9. The summed E-state index contributed by atoms with van der Waals surface area (Å²) < 4.78 is 1.07. The van der Waals surface area contributed by atoms with Crippen LogP contribution in [-0.2, 0) is 0 Å². The van der Waals surface area contributed by atoms with Crippen LogP contribution in [0.4, 0.5) is 11.4 Å². The molecule has 0 N–H and O–H groups in total. The number of amides is 1. The second-order valence-electron chi connectivity index (χ2n) is 6.08. The van der Waals surface area contributed by atoms with E-state index in [9.17, 15) is 4.79 Å². The van der Waals surface area contributed by atoms with E-state index in [1.54, 1.807) is 11.3 Å². The third-order valence-electron chi connectivity index (χ3n) is 4.47. The number of nitrogens with zero attached hydrogens (tertiary/aromatic N) is 2. The van der Waals surface area contributed by atoms with Gasteiger partial charge >= 0.3 is 0 Å². The summed E-state index contributed by atoms with van der Waals surface area (Å²) in [4.78, 5) is 19.9. The Labute approximate surface area is 165 Å². The van der Waals surface area contributed by atoms with Gasteiger partial charge in [-0.15, -0.1) is 11.3 Å². The number of benzene rings is 2. The van der Waals surface area contributed by atoms with Crippen LogP contribution in [0.1, 0.15) is 26.3 Å². The molecule has 0 radical (unpaired) electrons. The van der Waals surface area contributed by atoms with Gasteiger partial charge in [0.2, 0.25) is 0 Å². The van der Waals surface area contributed by atoms with Crippen LogP contribution >= 0.6 is 33.9 Å². The van der Waals surface area contributed by atoms with Crippen LogP contribution in [0.5, 0.6) is 0 Å². The van der Waals surface area contributed by atoms with E-state index in [0.717, 1.165) is 20.5 Å². The molecule has 3 nitrogen and oxygen atoms in total. The molecule has 0 spiro atoms. The predicted octanol–water partition coefficient (Wildman–Crippen LogP) is 5.46. The molecule has 0 saturated heterocycles. The molecule has 3 aromatic rings. The smallest absolute Gasteiger partial charge is 0.262 e. The lowest BCUT2D eigenvalue weighted by Crippen LogP contribution is -2.48. The summed E-state index contributed by atoms with van der Waals surface area (Å²) in [5, 5.41) is 0. The third-order valence-corrected chi connectivity index (χ3v) is 6.43. The number of hydrogen-bond acceptors (Lipinski definition) is 3. The zero-order valence-electron chi connectivity index (χ0n) is 13.9. The lowest BCUT2D eigenvalue weighted by molar-refractivity contribution is 0.0970. The molecule has 0 bridgehead atoms. The van der Waals surface area contributed by atoms with Gasteiger partial charge in [0, 0.05) is 20.4 Å². The van der Waals surface area contributed by atoms with Crippen molar-refractivity contribution >= 4 is 51.2 Å². The Morgan fingerprint density at radius 3 is 2.32 bits per heavy atom. The number of carbonyl (C=O) groups excluding carboxylic acids is 1.